The van der Waals surface area contributed by atoms with Gasteiger partial charge < -0.3 is 10.1 Å². The van der Waals surface area contributed by atoms with E-state index in [0.717, 1.165) is 32.5 Å². The average molecular weight is 205 g/mol. The van der Waals surface area contributed by atoms with Gasteiger partial charge in [0.15, 0.2) is 0 Å². The maximum absolute atomic E-state index is 5.96. The lowest BCUT2D eigenvalue weighted by atomic mass is 9.90. The van der Waals surface area contributed by atoms with Gasteiger partial charge >= 0.3 is 0 Å². The molecule has 0 amide bonds. The molecule has 2 rings (SSSR count). The van der Waals surface area contributed by atoms with Crippen molar-refractivity contribution in [1.29, 1.82) is 0 Å². The van der Waals surface area contributed by atoms with Gasteiger partial charge in [0.1, 0.15) is 0 Å². The van der Waals surface area contributed by atoms with Gasteiger partial charge in [0.2, 0.25) is 0 Å². The molecule has 1 atom stereocenters. The fourth-order valence-corrected chi connectivity index (χ4v) is 2.14. The quantitative estimate of drug-likeness (QED) is 0.815. The zero-order valence-electron chi connectivity index (χ0n) is 9.33. The Morgan fingerprint density at radius 3 is 2.73 bits per heavy atom. The van der Waals surface area contributed by atoms with Crippen molar-refractivity contribution in [3.05, 3.63) is 35.9 Å². The minimum Gasteiger partial charge on any atom is -0.372 e. The highest BCUT2D eigenvalue weighted by Gasteiger charge is 2.31. The minimum absolute atomic E-state index is 0.0135. The van der Waals surface area contributed by atoms with Crippen LogP contribution in [0.25, 0.3) is 0 Å². The van der Waals surface area contributed by atoms with Gasteiger partial charge in [-0.1, -0.05) is 37.3 Å². The van der Waals surface area contributed by atoms with E-state index in [2.05, 4.69) is 42.6 Å². The van der Waals surface area contributed by atoms with Gasteiger partial charge in [0, 0.05) is 19.5 Å². The van der Waals surface area contributed by atoms with E-state index in [-0.39, 0.29) is 5.60 Å². The van der Waals surface area contributed by atoms with Crippen LogP contribution < -0.4 is 5.32 Å². The van der Waals surface area contributed by atoms with Crippen molar-refractivity contribution in [1.82, 2.24) is 5.32 Å². The van der Waals surface area contributed by atoms with E-state index < -0.39 is 0 Å². The van der Waals surface area contributed by atoms with Crippen LogP contribution >= 0.6 is 0 Å². The van der Waals surface area contributed by atoms with E-state index in [9.17, 15) is 0 Å². The van der Waals surface area contributed by atoms with Crippen molar-refractivity contribution >= 4 is 0 Å². The summed E-state index contributed by atoms with van der Waals surface area (Å²) in [6, 6.07) is 10.6. The van der Waals surface area contributed by atoms with Crippen LogP contribution in [-0.2, 0) is 11.2 Å². The molecule has 1 aliphatic heterocycles. The standard InChI is InChI=1S/C13H19NO/c1-2-13(11-14-8-9-15-13)10-12-6-4-3-5-7-12/h3-7,14H,2,8-11H2,1H3. The number of nitrogens with one attached hydrogen (secondary N) is 1. The van der Waals surface area contributed by atoms with Crippen LogP contribution in [0.1, 0.15) is 18.9 Å². The number of hydrogen-bond acceptors (Lipinski definition) is 2. The lowest BCUT2D eigenvalue weighted by Gasteiger charge is -2.37. The number of hydrogen-bond donors (Lipinski definition) is 1. The normalized spacial score (nSPS) is 26.5. The summed E-state index contributed by atoms with van der Waals surface area (Å²) in [6.07, 6.45) is 2.08. The third-order valence-electron chi connectivity index (χ3n) is 3.15. The van der Waals surface area contributed by atoms with Gasteiger partial charge in [-0.05, 0) is 12.0 Å². The molecule has 0 radical (unpaired) electrons. The summed E-state index contributed by atoms with van der Waals surface area (Å²) in [5.74, 6) is 0. The largest absolute Gasteiger partial charge is 0.372 e. The second kappa shape index (κ2) is 4.77. The summed E-state index contributed by atoms with van der Waals surface area (Å²) in [5, 5.41) is 3.42. The predicted molar refractivity (Wildman–Crippen MR) is 62.0 cm³/mol. The Kier molecular flexibility index (Phi) is 3.39. The Morgan fingerprint density at radius 2 is 2.13 bits per heavy atom. The molecule has 1 saturated heterocycles. The molecule has 1 N–H and O–H groups in total. The first-order valence-electron chi connectivity index (χ1n) is 5.73. The third-order valence-corrected chi connectivity index (χ3v) is 3.15. The van der Waals surface area contributed by atoms with Crippen molar-refractivity contribution in [2.75, 3.05) is 19.7 Å². The maximum atomic E-state index is 5.96. The summed E-state index contributed by atoms with van der Waals surface area (Å²) in [4.78, 5) is 0. The fourth-order valence-electron chi connectivity index (χ4n) is 2.14. The number of ether oxygens (including phenoxy) is 1. The van der Waals surface area contributed by atoms with Crippen molar-refractivity contribution in [3.8, 4) is 0 Å². The smallest absolute Gasteiger partial charge is 0.0844 e. The lowest BCUT2D eigenvalue weighted by molar-refractivity contribution is -0.0676. The summed E-state index contributed by atoms with van der Waals surface area (Å²) >= 11 is 0. The molecule has 0 spiro atoms. The Morgan fingerprint density at radius 1 is 1.33 bits per heavy atom. The van der Waals surface area contributed by atoms with E-state index >= 15 is 0 Å². The molecule has 15 heavy (non-hydrogen) atoms. The number of benzene rings is 1. The zero-order valence-corrected chi connectivity index (χ0v) is 9.33. The van der Waals surface area contributed by atoms with E-state index in [0.29, 0.717) is 0 Å². The molecule has 1 unspecified atom stereocenters. The van der Waals surface area contributed by atoms with Gasteiger partial charge in [-0.2, -0.15) is 0 Å². The molecule has 1 aromatic carbocycles. The average Bonchev–Trinajstić information content (AvgIpc) is 2.32. The van der Waals surface area contributed by atoms with Crippen molar-refractivity contribution in [2.45, 2.75) is 25.4 Å². The summed E-state index contributed by atoms with van der Waals surface area (Å²) in [7, 11) is 0. The van der Waals surface area contributed by atoms with Crippen LogP contribution in [0.15, 0.2) is 30.3 Å². The van der Waals surface area contributed by atoms with E-state index in [1.54, 1.807) is 0 Å². The fraction of sp³-hybridized carbons (Fsp3) is 0.538. The van der Waals surface area contributed by atoms with E-state index in [1.165, 1.54) is 5.56 Å². The molecule has 0 aromatic heterocycles. The highest BCUT2D eigenvalue weighted by molar-refractivity contribution is 5.17. The first kappa shape index (κ1) is 10.7. The molecule has 1 aromatic rings. The molecule has 0 aliphatic carbocycles. The maximum Gasteiger partial charge on any atom is 0.0844 e. The van der Waals surface area contributed by atoms with Gasteiger partial charge in [-0.3, -0.25) is 0 Å². The molecule has 0 bridgehead atoms. The number of rotatable bonds is 3. The van der Waals surface area contributed by atoms with E-state index in [4.69, 9.17) is 4.74 Å². The van der Waals surface area contributed by atoms with Crippen LogP contribution in [0.5, 0.6) is 0 Å². The lowest BCUT2D eigenvalue weighted by Crippen LogP contribution is -2.50. The van der Waals surface area contributed by atoms with Crippen molar-refractivity contribution in [2.24, 2.45) is 0 Å². The summed E-state index contributed by atoms with van der Waals surface area (Å²) in [5.41, 5.74) is 1.38. The Hall–Kier alpha value is -0.860. The summed E-state index contributed by atoms with van der Waals surface area (Å²) < 4.78 is 5.96. The van der Waals surface area contributed by atoms with Gasteiger partial charge in [0.25, 0.3) is 0 Å². The van der Waals surface area contributed by atoms with Gasteiger partial charge in [-0.15, -0.1) is 0 Å². The van der Waals surface area contributed by atoms with Crippen molar-refractivity contribution < 1.29 is 4.74 Å². The second-order valence-electron chi connectivity index (χ2n) is 4.22. The second-order valence-corrected chi connectivity index (χ2v) is 4.22. The van der Waals surface area contributed by atoms with Crippen LogP contribution in [-0.4, -0.2) is 25.3 Å². The molecule has 1 aliphatic rings. The highest BCUT2D eigenvalue weighted by atomic mass is 16.5. The third kappa shape index (κ3) is 2.58. The van der Waals surface area contributed by atoms with Crippen LogP contribution in [0.2, 0.25) is 0 Å². The molecule has 0 saturated carbocycles. The van der Waals surface area contributed by atoms with Gasteiger partial charge in [-0.25, -0.2) is 0 Å². The molecule has 1 heterocycles. The SMILES string of the molecule is CCC1(Cc2ccccc2)CNCCO1. The highest BCUT2D eigenvalue weighted by Crippen LogP contribution is 2.23. The Labute approximate surface area is 91.6 Å². The predicted octanol–water partition coefficient (Wildman–Crippen LogP) is 2.00. The Bertz CT molecular complexity index is 291. The van der Waals surface area contributed by atoms with E-state index in [1.807, 2.05) is 0 Å². The minimum atomic E-state index is 0.0135. The monoisotopic (exact) mass is 205 g/mol. The van der Waals surface area contributed by atoms with Crippen molar-refractivity contribution in [3.63, 3.8) is 0 Å². The molecule has 2 heteroatoms. The number of morpholine rings is 1. The molecule has 82 valence electrons. The van der Waals surface area contributed by atoms with Crippen LogP contribution in [0.4, 0.5) is 0 Å². The zero-order chi connectivity index (χ0) is 10.6. The molecular formula is C13H19NO. The topological polar surface area (TPSA) is 21.3 Å². The first-order chi connectivity index (χ1) is 7.35. The van der Waals surface area contributed by atoms with Gasteiger partial charge in [0.05, 0.1) is 12.2 Å². The molecule has 2 nitrogen and oxygen atoms in total. The van der Waals surface area contributed by atoms with Crippen LogP contribution in [0.3, 0.4) is 0 Å². The molecular weight excluding hydrogens is 186 g/mol. The Balaban J connectivity index is 2.07. The summed E-state index contributed by atoms with van der Waals surface area (Å²) in [6.45, 7) is 4.99. The first-order valence-corrected chi connectivity index (χ1v) is 5.73. The van der Waals surface area contributed by atoms with Crippen LogP contribution in [0, 0.1) is 0 Å². The molecule has 1 fully saturated rings.